The minimum absolute atomic E-state index is 0. The molecular weight excluding hydrogens is 397 g/mol. The Kier molecular flexibility index (Phi) is 6.39. The van der Waals surface area contributed by atoms with E-state index in [1.807, 2.05) is 6.92 Å². The van der Waals surface area contributed by atoms with Gasteiger partial charge < -0.3 is 14.5 Å². The van der Waals surface area contributed by atoms with Crippen molar-refractivity contribution in [3.05, 3.63) is 53.8 Å². The van der Waals surface area contributed by atoms with Crippen LogP contribution in [-0.4, -0.2) is 53.2 Å². The van der Waals surface area contributed by atoms with E-state index in [0.717, 1.165) is 37.4 Å². The van der Waals surface area contributed by atoms with E-state index in [1.165, 1.54) is 12.1 Å². The largest absolute Gasteiger partial charge is 0.508 e. The Labute approximate surface area is 174 Å². The number of anilines is 1. The molecule has 1 aromatic heterocycles. The summed E-state index contributed by atoms with van der Waals surface area (Å²) in [5, 5.41) is 14.6. The van der Waals surface area contributed by atoms with E-state index in [0.29, 0.717) is 17.6 Å². The fourth-order valence-electron chi connectivity index (χ4n) is 3.80. The first kappa shape index (κ1) is 21.1. The first-order valence-electron chi connectivity index (χ1n) is 9.44. The van der Waals surface area contributed by atoms with E-state index in [4.69, 9.17) is 4.52 Å². The van der Waals surface area contributed by atoms with E-state index in [1.54, 1.807) is 30.3 Å². The molecule has 154 valence electrons. The summed E-state index contributed by atoms with van der Waals surface area (Å²) >= 11 is 0. The number of aromatic nitrogens is 1. The third-order valence-corrected chi connectivity index (χ3v) is 5.31. The molecule has 6 nitrogen and oxygen atoms in total. The van der Waals surface area contributed by atoms with Crippen molar-refractivity contribution < 1.29 is 18.8 Å². The maximum Gasteiger partial charge on any atom is 0.180 e. The van der Waals surface area contributed by atoms with Crippen LogP contribution in [0.5, 0.6) is 5.75 Å². The third kappa shape index (κ3) is 4.21. The highest BCUT2D eigenvalue weighted by molar-refractivity contribution is 6.00. The number of phenols is 1. The van der Waals surface area contributed by atoms with Gasteiger partial charge in [-0.1, -0.05) is 12.1 Å². The van der Waals surface area contributed by atoms with Gasteiger partial charge in [-0.25, -0.2) is 4.39 Å². The normalized spacial score (nSPS) is 15.9. The molecule has 0 aliphatic carbocycles. The maximum absolute atomic E-state index is 13.1. The van der Waals surface area contributed by atoms with Crippen LogP contribution in [0.3, 0.4) is 0 Å². The van der Waals surface area contributed by atoms with E-state index in [9.17, 15) is 14.3 Å². The average Bonchev–Trinajstić information content (AvgIpc) is 3.12. The number of carbonyl (C=O) groups excluding carboxylic acids is 1. The predicted molar refractivity (Wildman–Crippen MR) is 112 cm³/mol. The molecule has 1 fully saturated rings. The Bertz CT molecular complexity index is 985. The predicted octanol–water partition coefficient (Wildman–Crippen LogP) is 3.88. The van der Waals surface area contributed by atoms with Crippen molar-refractivity contribution in [2.24, 2.45) is 0 Å². The van der Waals surface area contributed by atoms with Gasteiger partial charge >= 0.3 is 0 Å². The average molecular weight is 420 g/mol. The van der Waals surface area contributed by atoms with Crippen molar-refractivity contribution in [1.29, 1.82) is 0 Å². The summed E-state index contributed by atoms with van der Waals surface area (Å²) in [7, 11) is 0. The highest BCUT2D eigenvalue weighted by Gasteiger charge is 2.29. The van der Waals surface area contributed by atoms with E-state index >= 15 is 0 Å². The van der Waals surface area contributed by atoms with Crippen LogP contribution in [0.25, 0.3) is 11.0 Å². The fourth-order valence-corrected chi connectivity index (χ4v) is 3.80. The highest BCUT2D eigenvalue weighted by atomic mass is 35.5. The van der Waals surface area contributed by atoms with Gasteiger partial charge in [-0.05, 0) is 42.8 Å². The molecule has 0 amide bonds. The molecule has 1 saturated heterocycles. The van der Waals surface area contributed by atoms with E-state index < -0.39 is 0 Å². The van der Waals surface area contributed by atoms with Gasteiger partial charge in [0.25, 0.3) is 0 Å². The van der Waals surface area contributed by atoms with Crippen LogP contribution in [-0.2, 0) is 0 Å². The summed E-state index contributed by atoms with van der Waals surface area (Å²) in [4.78, 5) is 17.2. The van der Waals surface area contributed by atoms with Gasteiger partial charge in [-0.2, -0.15) is 0 Å². The van der Waals surface area contributed by atoms with Crippen molar-refractivity contribution in [1.82, 2.24) is 10.1 Å². The molecule has 1 atom stereocenters. The second-order valence-corrected chi connectivity index (χ2v) is 7.00. The van der Waals surface area contributed by atoms with Crippen LogP contribution >= 0.6 is 12.4 Å². The molecule has 2 heterocycles. The Morgan fingerprint density at radius 2 is 1.86 bits per heavy atom. The molecule has 8 heteroatoms. The van der Waals surface area contributed by atoms with Crippen molar-refractivity contribution in [2.75, 3.05) is 31.1 Å². The molecule has 1 aliphatic rings. The van der Waals surface area contributed by atoms with E-state index in [2.05, 4.69) is 15.0 Å². The second-order valence-electron chi connectivity index (χ2n) is 7.00. The van der Waals surface area contributed by atoms with Crippen molar-refractivity contribution in [2.45, 2.75) is 19.4 Å². The minimum Gasteiger partial charge on any atom is -0.508 e. The number of phenolic OH excluding ortho intramolecular Hbond substituents is 1. The molecule has 1 unspecified atom stereocenters. The summed E-state index contributed by atoms with van der Waals surface area (Å²) in [6, 6.07) is 10.5. The smallest absolute Gasteiger partial charge is 0.180 e. The molecular formula is C21H23ClFN3O3. The Balaban J connectivity index is 0.00000240. The quantitative estimate of drug-likeness (QED) is 0.633. The maximum atomic E-state index is 13.1. The van der Waals surface area contributed by atoms with Gasteiger partial charge in [0, 0.05) is 37.8 Å². The number of hydrogen-bond donors (Lipinski definition) is 1. The first-order chi connectivity index (χ1) is 13.6. The molecule has 0 spiro atoms. The number of carbonyl (C=O) groups is 1. The topological polar surface area (TPSA) is 69.8 Å². The van der Waals surface area contributed by atoms with Gasteiger partial charge in [0.05, 0.1) is 11.4 Å². The number of piperazine rings is 1. The molecule has 0 saturated carbocycles. The Hall–Kier alpha value is -2.64. The molecule has 0 bridgehead atoms. The van der Waals surface area contributed by atoms with Gasteiger partial charge in [-0.3, -0.25) is 9.69 Å². The summed E-state index contributed by atoms with van der Waals surface area (Å²) < 4.78 is 18.5. The van der Waals surface area contributed by atoms with Crippen LogP contribution in [0.1, 0.15) is 23.7 Å². The summed E-state index contributed by atoms with van der Waals surface area (Å²) in [6.45, 7) is 4.87. The highest BCUT2D eigenvalue weighted by Crippen LogP contribution is 2.29. The number of nitrogens with zero attached hydrogens (tertiary/aromatic N) is 3. The number of halogens is 2. The zero-order chi connectivity index (χ0) is 19.7. The summed E-state index contributed by atoms with van der Waals surface area (Å²) in [6.07, 6.45) is 0.697. The van der Waals surface area contributed by atoms with Crippen LogP contribution < -0.4 is 4.90 Å². The number of hydrogen-bond acceptors (Lipinski definition) is 6. The number of ketones is 1. The molecule has 1 aliphatic heterocycles. The lowest BCUT2D eigenvalue weighted by molar-refractivity contribution is 0.0800. The lowest BCUT2D eigenvalue weighted by Crippen LogP contribution is -2.52. The number of benzene rings is 2. The second kappa shape index (κ2) is 8.80. The Morgan fingerprint density at radius 3 is 2.52 bits per heavy atom. The zero-order valence-corrected chi connectivity index (χ0v) is 16.9. The van der Waals surface area contributed by atoms with Crippen molar-refractivity contribution in [3.63, 3.8) is 0 Å². The number of rotatable bonds is 5. The van der Waals surface area contributed by atoms with Crippen molar-refractivity contribution in [3.8, 4) is 5.75 Å². The minimum atomic E-state index is -0.341. The van der Waals surface area contributed by atoms with Gasteiger partial charge in [0.15, 0.2) is 17.2 Å². The van der Waals surface area contributed by atoms with Gasteiger partial charge in [0.1, 0.15) is 11.6 Å². The molecule has 0 radical (unpaired) electrons. The van der Waals surface area contributed by atoms with Crippen LogP contribution in [0, 0.1) is 5.82 Å². The third-order valence-electron chi connectivity index (χ3n) is 5.31. The number of Topliss-reactive ketones (excluding diaryl/α,β-unsaturated/α-hetero) is 1. The molecule has 2 aromatic carbocycles. The SMILES string of the molecule is CCC(C(=O)c1ccc(F)cc1)N1CCN(c2noc3cc(O)ccc23)CC1.Cl. The lowest BCUT2D eigenvalue weighted by atomic mass is 10.00. The van der Waals surface area contributed by atoms with E-state index in [-0.39, 0.29) is 35.8 Å². The van der Waals surface area contributed by atoms with Gasteiger partial charge in [-0.15, -0.1) is 12.4 Å². The fraction of sp³-hybridized carbons (Fsp3) is 0.333. The van der Waals surface area contributed by atoms with Gasteiger partial charge in [0.2, 0.25) is 0 Å². The number of aromatic hydroxyl groups is 1. The van der Waals surface area contributed by atoms with Crippen LogP contribution in [0.2, 0.25) is 0 Å². The van der Waals surface area contributed by atoms with Crippen molar-refractivity contribution >= 4 is 35.0 Å². The lowest BCUT2D eigenvalue weighted by Gasteiger charge is -2.38. The standard InChI is InChI=1S/C21H22FN3O3.ClH/c1-2-18(20(27)14-3-5-15(22)6-4-14)24-9-11-25(12-10-24)21-17-8-7-16(26)13-19(17)28-23-21;/h3-8,13,18,26H,2,9-12H2,1H3;1H. The zero-order valence-electron chi connectivity index (χ0n) is 16.0. The monoisotopic (exact) mass is 419 g/mol. The molecule has 29 heavy (non-hydrogen) atoms. The first-order valence-corrected chi connectivity index (χ1v) is 9.44. The summed E-state index contributed by atoms with van der Waals surface area (Å²) in [5.74, 6) is 0.586. The van der Waals surface area contributed by atoms with Crippen LogP contribution in [0.4, 0.5) is 10.2 Å². The molecule has 3 aromatic rings. The molecule has 4 rings (SSSR count). The molecule has 1 N–H and O–H groups in total. The summed E-state index contributed by atoms with van der Waals surface area (Å²) in [5.41, 5.74) is 1.09. The Morgan fingerprint density at radius 1 is 1.17 bits per heavy atom. The van der Waals surface area contributed by atoms with Crippen LogP contribution in [0.15, 0.2) is 47.0 Å². The number of fused-ring (bicyclic) bond motifs is 1.